The highest BCUT2D eigenvalue weighted by Crippen LogP contribution is 2.31. The Balaban J connectivity index is 1.15. The predicted molar refractivity (Wildman–Crippen MR) is 133 cm³/mol. The first kappa shape index (κ1) is 23.2. The third-order valence-corrected chi connectivity index (χ3v) is 7.51. The smallest absolute Gasteiger partial charge is 0.273 e. The van der Waals surface area contributed by atoms with Gasteiger partial charge in [0.25, 0.3) is 11.8 Å². The van der Waals surface area contributed by atoms with Crippen LogP contribution in [0.2, 0.25) is 0 Å². The third kappa shape index (κ3) is 4.22. The van der Waals surface area contributed by atoms with Crippen molar-refractivity contribution in [2.75, 3.05) is 13.2 Å². The van der Waals surface area contributed by atoms with E-state index in [9.17, 15) is 19.2 Å². The number of nitrogens with one attached hydrogen (secondary N) is 2. The zero-order chi connectivity index (χ0) is 25.5. The lowest BCUT2D eigenvalue weighted by Crippen LogP contribution is -2.52. The van der Waals surface area contributed by atoms with Gasteiger partial charge in [-0.25, -0.2) is 0 Å². The molecular weight excluding hydrogens is 474 g/mol. The number of ether oxygens (including phenoxy) is 1. The fraction of sp³-hybridized carbons (Fsp3) is 0.370. The van der Waals surface area contributed by atoms with Crippen LogP contribution in [0.4, 0.5) is 0 Å². The normalized spacial score (nSPS) is 21.8. The molecule has 2 aromatic heterocycles. The summed E-state index contributed by atoms with van der Waals surface area (Å²) in [6.45, 7) is 1.27. The number of aromatic amines is 1. The molecule has 0 bridgehead atoms. The van der Waals surface area contributed by atoms with E-state index in [2.05, 4.69) is 15.3 Å². The second-order valence-electron chi connectivity index (χ2n) is 9.78. The summed E-state index contributed by atoms with van der Waals surface area (Å²) in [5.74, 6) is -0.442. The number of imide groups is 1. The van der Waals surface area contributed by atoms with Crippen molar-refractivity contribution >= 4 is 34.5 Å². The Kier molecular flexibility index (Phi) is 5.86. The van der Waals surface area contributed by atoms with Crippen LogP contribution in [-0.2, 0) is 16.1 Å². The molecule has 0 spiro atoms. The number of benzene rings is 1. The topological polar surface area (TPSA) is 125 Å². The number of aromatic nitrogens is 2. The van der Waals surface area contributed by atoms with E-state index in [0.717, 1.165) is 35.7 Å². The lowest BCUT2D eigenvalue weighted by atomic mass is 10.0. The highest BCUT2D eigenvalue weighted by atomic mass is 16.5. The van der Waals surface area contributed by atoms with Crippen LogP contribution in [0.1, 0.15) is 58.5 Å². The molecule has 10 heteroatoms. The largest absolute Gasteiger partial charge is 0.491 e. The minimum absolute atomic E-state index is 0.0906. The molecule has 2 fully saturated rings. The summed E-state index contributed by atoms with van der Waals surface area (Å²) in [6, 6.07) is 8.28. The number of pyridine rings is 1. The molecule has 3 aromatic rings. The molecule has 6 rings (SSSR count). The molecule has 2 N–H and O–H groups in total. The van der Waals surface area contributed by atoms with Crippen molar-refractivity contribution in [3.05, 3.63) is 59.5 Å². The molecule has 0 aliphatic carbocycles. The zero-order valence-electron chi connectivity index (χ0n) is 20.2. The molecule has 10 nitrogen and oxygen atoms in total. The third-order valence-electron chi connectivity index (χ3n) is 7.51. The van der Waals surface area contributed by atoms with Gasteiger partial charge in [0.05, 0.1) is 6.04 Å². The summed E-state index contributed by atoms with van der Waals surface area (Å²) >= 11 is 0. The molecular formula is C27H27N5O5. The van der Waals surface area contributed by atoms with Gasteiger partial charge in [0.1, 0.15) is 24.1 Å². The highest BCUT2D eigenvalue weighted by molar-refractivity contribution is 6.06. The van der Waals surface area contributed by atoms with E-state index in [0.29, 0.717) is 36.6 Å². The molecule has 37 heavy (non-hydrogen) atoms. The van der Waals surface area contributed by atoms with Crippen molar-refractivity contribution in [2.24, 2.45) is 0 Å². The molecule has 3 aliphatic heterocycles. The number of amides is 4. The molecule has 5 heterocycles. The van der Waals surface area contributed by atoms with Gasteiger partial charge in [-0.05, 0) is 61.6 Å². The van der Waals surface area contributed by atoms with Gasteiger partial charge in [0, 0.05) is 48.4 Å². The monoisotopic (exact) mass is 501 g/mol. The molecule has 1 unspecified atom stereocenters. The van der Waals surface area contributed by atoms with E-state index in [1.54, 1.807) is 24.5 Å². The van der Waals surface area contributed by atoms with Crippen LogP contribution in [0.25, 0.3) is 10.9 Å². The van der Waals surface area contributed by atoms with Crippen molar-refractivity contribution in [3.8, 4) is 5.75 Å². The van der Waals surface area contributed by atoms with Crippen LogP contribution in [0.3, 0.4) is 0 Å². The number of likely N-dealkylation sites (tertiary alicyclic amines) is 1. The number of carbonyl (C=O) groups is 4. The molecule has 1 aromatic carbocycles. The number of piperidine rings is 2. The van der Waals surface area contributed by atoms with E-state index in [-0.39, 0.29) is 36.7 Å². The Morgan fingerprint density at radius 1 is 1.11 bits per heavy atom. The number of H-pyrrole nitrogens is 1. The van der Waals surface area contributed by atoms with E-state index in [1.165, 1.54) is 4.90 Å². The summed E-state index contributed by atoms with van der Waals surface area (Å²) < 4.78 is 6.14. The summed E-state index contributed by atoms with van der Waals surface area (Å²) in [5, 5.41) is 3.13. The number of rotatable bonds is 5. The van der Waals surface area contributed by atoms with Gasteiger partial charge in [-0.3, -0.25) is 29.5 Å². The van der Waals surface area contributed by atoms with Crippen molar-refractivity contribution in [1.29, 1.82) is 0 Å². The van der Waals surface area contributed by atoms with Gasteiger partial charge < -0.3 is 19.5 Å². The first-order chi connectivity index (χ1) is 18.0. The fourth-order valence-corrected chi connectivity index (χ4v) is 5.56. The van der Waals surface area contributed by atoms with Crippen LogP contribution < -0.4 is 10.1 Å². The van der Waals surface area contributed by atoms with Gasteiger partial charge in [-0.2, -0.15) is 0 Å². The van der Waals surface area contributed by atoms with E-state index < -0.39 is 11.9 Å². The maximum atomic E-state index is 13.5. The number of hydrogen-bond acceptors (Lipinski definition) is 6. The second-order valence-corrected chi connectivity index (χ2v) is 9.78. The maximum Gasteiger partial charge on any atom is 0.273 e. The average Bonchev–Trinajstić information content (AvgIpc) is 3.51. The Labute approximate surface area is 213 Å². The van der Waals surface area contributed by atoms with Gasteiger partial charge in [0.15, 0.2) is 0 Å². The lowest BCUT2D eigenvalue weighted by molar-refractivity contribution is -0.136. The Hall–Kier alpha value is -4.21. The van der Waals surface area contributed by atoms with E-state index in [4.69, 9.17) is 4.74 Å². The average molecular weight is 502 g/mol. The zero-order valence-corrected chi connectivity index (χ0v) is 20.2. The summed E-state index contributed by atoms with van der Waals surface area (Å²) in [6.07, 6.45) is 6.77. The summed E-state index contributed by atoms with van der Waals surface area (Å²) in [7, 11) is 0. The van der Waals surface area contributed by atoms with E-state index in [1.807, 2.05) is 23.1 Å². The minimum Gasteiger partial charge on any atom is -0.491 e. The fourth-order valence-electron chi connectivity index (χ4n) is 5.56. The number of fused-ring (bicyclic) bond motifs is 2. The molecule has 2 atom stereocenters. The van der Waals surface area contributed by atoms with Crippen LogP contribution in [0.15, 0.2) is 42.7 Å². The Bertz CT molecular complexity index is 1420. The number of nitrogens with zero attached hydrogens (tertiary/aromatic N) is 3. The summed E-state index contributed by atoms with van der Waals surface area (Å²) in [4.78, 5) is 61.0. The van der Waals surface area contributed by atoms with Crippen LogP contribution in [0, 0.1) is 0 Å². The Morgan fingerprint density at radius 3 is 2.86 bits per heavy atom. The Morgan fingerprint density at radius 2 is 2.00 bits per heavy atom. The van der Waals surface area contributed by atoms with Crippen LogP contribution in [-0.4, -0.2) is 68.6 Å². The van der Waals surface area contributed by atoms with Crippen molar-refractivity contribution in [2.45, 2.75) is 50.7 Å². The number of carbonyl (C=O) groups excluding carboxylic acids is 4. The molecule has 0 radical (unpaired) electrons. The van der Waals surface area contributed by atoms with Crippen LogP contribution in [0.5, 0.6) is 5.75 Å². The van der Waals surface area contributed by atoms with Crippen molar-refractivity contribution in [1.82, 2.24) is 25.1 Å². The predicted octanol–water partition coefficient (Wildman–Crippen LogP) is 2.40. The minimum atomic E-state index is -0.651. The maximum absolute atomic E-state index is 13.5. The second kappa shape index (κ2) is 9.34. The standard InChI is InChI=1S/C27H27N5O5/c33-23-7-6-22(25(34)30-23)32-14-16-13-18(4-5-19(16)26(32)35)37-15-17-3-1-2-12-31(17)27(36)24-20-8-10-28-21(20)9-11-29-24/h4-5,8-11,13,17,22,28H,1-3,6-7,12,14-15H2,(H,30,33,34)/t17-,22?/m1/s1. The first-order valence-electron chi connectivity index (χ1n) is 12.6. The van der Waals surface area contributed by atoms with Crippen molar-refractivity contribution < 1.29 is 23.9 Å². The lowest BCUT2D eigenvalue weighted by Gasteiger charge is -2.35. The summed E-state index contributed by atoms with van der Waals surface area (Å²) in [5.41, 5.74) is 2.64. The van der Waals surface area contributed by atoms with Gasteiger partial charge in [-0.15, -0.1) is 0 Å². The first-order valence-corrected chi connectivity index (χ1v) is 12.6. The molecule has 3 aliphatic rings. The van der Waals surface area contributed by atoms with Gasteiger partial charge in [0.2, 0.25) is 11.8 Å². The molecule has 2 saturated heterocycles. The van der Waals surface area contributed by atoms with Gasteiger partial charge >= 0.3 is 0 Å². The van der Waals surface area contributed by atoms with Gasteiger partial charge in [-0.1, -0.05) is 0 Å². The quantitative estimate of drug-likeness (QED) is 0.518. The van der Waals surface area contributed by atoms with Crippen LogP contribution >= 0.6 is 0 Å². The molecule has 4 amide bonds. The number of hydrogen-bond donors (Lipinski definition) is 2. The SMILES string of the molecule is O=C1CCC(N2Cc3cc(OC[C@H]4CCCCN4C(=O)c4nccc5[nH]ccc45)ccc3C2=O)C(=O)N1. The highest BCUT2D eigenvalue weighted by Gasteiger charge is 2.39. The molecule has 190 valence electrons. The van der Waals surface area contributed by atoms with E-state index >= 15 is 0 Å². The molecule has 0 saturated carbocycles. The van der Waals surface area contributed by atoms with Crippen molar-refractivity contribution in [3.63, 3.8) is 0 Å².